The number of nitrogens with zero attached hydrogens (tertiary/aromatic N) is 2. The Bertz CT molecular complexity index is 278. The fourth-order valence-corrected chi connectivity index (χ4v) is 1.72. The van der Waals surface area contributed by atoms with E-state index in [0.29, 0.717) is 12.0 Å². The number of hydrogen-bond acceptors (Lipinski definition) is 3. The summed E-state index contributed by atoms with van der Waals surface area (Å²) in [6, 6.07) is 0.389. The topological polar surface area (TPSA) is 53.1 Å². The van der Waals surface area contributed by atoms with Crippen LogP contribution in [0.15, 0.2) is 12.4 Å². The van der Waals surface area contributed by atoms with E-state index in [-0.39, 0.29) is 0 Å². The SMILES string of the molecule is CC(C1CCOC1)n1cc(N)cn1. The van der Waals surface area contributed by atoms with Crippen LogP contribution in [0.4, 0.5) is 5.69 Å². The largest absolute Gasteiger partial charge is 0.396 e. The van der Waals surface area contributed by atoms with Crippen LogP contribution in [0.1, 0.15) is 19.4 Å². The lowest BCUT2D eigenvalue weighted by Crippen LogP contribution is -2.17. The molecule has 72 valence electrons. The Hall–Kier alpha value is -1.03. The molecule has 1 aromatic heterocycles. The molecule has 0 radical (unpaired) electrons. The molecule has 2 N–H and O–H groups in total. The van der Waals surface area contributed by atoms with Crippen molar-refractivity contribution in [3.8, 4) is 0 Å². The lowest BCUT2D eigenvalue weighted by atomic mass is 10.0. The smallest absolute Gasteiger partial charge is 0.0719 e. The predicted molar refractivity (Wildman–Crippen MR) is 50.3 cm³/mol. The van der Waals surface area contributed by atoms with Crippen LogP contribution in [-0.2, 0) is 4.74 Å². The van der Waals surface area contributed by atoms with Crippen LogP contribution in [0, 0.1) is 5.92 Å². The Labute approximate surface area is 77.7 Å². The van der Waals surface area contributed by atoms with Crippen molar-refractivity contribution in [1.82, 2.24) is 9.78 Å². The molecule has 0 aromatic carbocycles. The Kier molecular flexibility index (Phi) is 2.22. The van der Waals surface area contributed by atoms with E-state index in [9.17, 15) is 0 Å². The third-order valence-corrected chi connectivity index (χ3v) is 2.69. The van der Waals surface area contributed by atoms with Crippen molar-refractivity contribution in [2.75, 3.05) is 18.9 Å². The lowest BCUT2D eigenvalue weighted by molar-refractivity contribution is 0.173. The average molecular weight is 181 g/mol. The number of hydrogen-bond donors (Lipinski definition) is 1. The van der Waals surface area contributed by atoms with Gasteiger partial charge >= 0.3 is 0 Å². The van der Waals surface area contributed by atoms with Gasteiger partial charge in [-0.05, 0) is 13.3 Å². The second kappa shape index (κ2) is 3.38. The predicted octanol–water partition coefficient (Wildman–Crippen LogP) is 1.06. The molecule has 2 rings (SSSR count). The second-order valence-electron chi connectivity index (χ2n) is 3.62. The minimum atomic E-state index is 0.389. The highest BCUT2D eigenvalue weighted by Crippen LogP contribution is 2.25. The summed E-state index contributed by atoms with van der Waals surface area (Å²) in [4.78, 5) is 0. The fraction of sp³-hybridized carbons (Fsp3) is 0.667. The van der Waals surface area contributed by atoms with Gasteiger partial charge in [-0.25, -0.2) is 0 Å². The number of anilines is 1. The van der Waals surface area contributed by atoms with E-state index in [2.05, 4.69) is 12.0 Å². The number of nitrogen functional groups attached to an aromatic ring is 1. The minimum Gasteiger partial charge on any atom is -0.396 e. The number of nitrogens with two attached hydrogens (primary N) is 1. The molecule has 13 heavy (non-hydrogen) atoms. The molecule has 0 amide bonds. The maximum atomic E-state index is 5.60. The third-order valence-electron chi connectivity index (χ3n) is 2.69. The van der Waals surface area contributed by atoms with Gasteiger partial charge in [-0.3, -0.25) is 4.68 Å². The monoisotopic (exact) mass is 181 g/mol. The summed E-state index contributed by atoms with van der Waals surface area (Å²) < 4.78 is 7.26. The molecule has 1 aromatic rings. The Morgan fingerprint density at radius 1 is 1.77 bits per heavy atom. The molecule has 0 aliphatic carbocycles. The summed E-state index contributed by atoms with van der Waals surface area (Å²) in [6.45, 7) is 3.89. The summed E-state index contributed by atoms with van der Waals surface area (Å²) in [6.07, 6.45) is 4.69. The van der Waals surface area contributed by atoms with Crippen LogP contribution in [-0.4, -0.2) is 23.0 Å². The fourth-order valence-electron chi connectivity index (χ4n) is 1.72. The molecule has 1 saturated heterocycles. The molecular weight excluding hydrogens is 166 g/mol. The molecule has 2 unspecified atom stereocenters. The van der Waals surface area contributed by atoms with Crippen LogP contribution in [0.2, 0.25) is 0 Å². The second-order valence-corrected chi connectivity index (χ2v) is 3.62. The first-order chi connectivity index (χ1) is 6.27. The molecule has 1 aliphatic heterocycles. The first-order valence-electron chi connectivity index (χ1n) is 4.65. The van der Waals surface area contributed by atoms with Gasteiger partial charge in [0.05, 0.1) is 24.5 Å². The molecular formula is C9H15N3O. The van der Waals surface area contributed by atoms with Crippen molar-refractivity contribution in [2.45, 2.75) is 19.4 Å². The van der Waals surface area contributed by atoms with Crippen molar-refractivity contribution in [3.63, 3.8) is 0 Å². The van der Waals surface area contributed by atoms with E-state index in [0.717, 1.165) is 25.3 Å². The van der Waals surface area contributed by atoms with Crippen molar-refractivity contribution in [1.29, 1.82) is 0 Å². The highest BCUT2D eigenvalue weighted by atomic mass is 16.5. The van der Waals surface area contributed by atoms with Gasteiger partial charge in [-0.2, -0.15) is 5.10 Å². The third kappa shape index (κ3) is 1.67. The highest BCUT2D eigenvalue weighted by molar-refractivity contribution is 5.30. The van der Waals surface area contributed by atoms with Gasteiger partial charge in [0.15, 0.2) is 0 Å². The summed E-state index contributed by atoms with van der Waals surface area (Å²) in [5.74, 6) is 0.583. The molecule has 4 nitrogen and oxygen atoms in total. The van der Waals surface area contributed by atoms with Crippen molar-refractivity contribution < 1.29 is 4.74 Å². The zero-order valence-corrected chi connectivity index (χ0v) is 7.81. The van der Waals surface area contributed by atoms with E-state index in [4.69, 9.17) is 10.5 Å². The molecule has 0 bridgehead atoms. The normalized spacial score (nSPS) is 24.8. The molecule has 1 fully saturated rings. The summed E-state index contributed by atoms with van der Waals surface area (Å²) in [7, 11) is 0. The number of aromatic nitrogens is 2. The van der Waals surface area contributed by atoms with Gasteiger partial charge < -0.3 is 10.5 Å². The van der Waals surface area contributed by atoms with E-state index in [1.54, 1.807) is 6.20 Å². The van der Waals surface area contributed by atoms with Crippen molar-refractivity contribution >= 4 is 5.69 Å². The standard InChI is InChI=1S/C9H15N3O/c1-7(8-2-3-13-6-8)12-5-9(10)4-11-12/h4-5,7-8H,2-3,6,10H2,1H3. The summed E-state index contributed by atoms with van der Waals surface area (Å²) in [5.41, 5.74) is 6.33. The average Bonchev–Trinajstić information content (AvgIpc) is 2.72. The Morgan fingerprint density at radius 2 is 2.62 bits per heavy atom. The molecule has 0 saturated carbocycles. The molecule has 0 spiro atoms. The summed E-state index contributed by atoms with van der Waals surface area (Å²) >= 11 is 0. The lowest BCUT2D eigenvalue weighted by Gasteiger charge is -2.17. The van der Waals surface area contributed by atoms with Crippen LogP contribution < -0.4 is 5.73 Å². The minimum absolute atomic E-state index is 0.389. The van der Waals surface area contributed by atoms with Gasteiger partial charge in [0.25, 0.3) is 0 Å². The molecule has 2 atom stereocenters. The first-order valence-corrected chi connectivity index (χ1v) is 4.65. The molecule has 2 heterocycles. The number of rotatable bonds is 2. The number of ether oxygens (including phenoxy) is 1. The van der Waals surface area contributed by atoms with Crippen molar-refractivity contribution in [2.24, 2.45) is 5.92 Å². The maximum Gasteiger partial charge on any atom is 0.0719 e. The van der Waals surface area contributed by atoms with Gasteiger partial charge in [0.1, 0.15) is 0 Å². The van der Waals surface area contributed by atoms with E-state index in [1.807, 2.05) is 10.9 Å². The van der Waals surface area contributed by atoms with Crippen LogP contribution in [0.5, 0.6) is 0 Å². The van der Waals surface area contributed by atoms with Gasteiger partial charge in [-0.15, -0.1) is 0 Å². The molecule has 1 aliphatic rings. The maximum absolute atomic E-state index is 5.60. The molecule has 4 heteroatoms. The van der Waals surface area contributed by atoms with Crippen molar-refractivity contribution in [3.05, 3.63) is 12.4 Å². The highest BCUT2D eigenvalue weighted by Gasteiger charge is 2.23. The quantitative estimate of drug-likeness (QED) is 0.742. The zero-order chi connectivity index (χ0) is 9.26. The van der Waals surface area contributed by atoms with Crippen LogP contribution in [0.3, 0.4) is 0 Å². The van der Waals surface area contributed by atoms with Gasteiger partial charge in [0, 0.05) is 18.7 Å². The zero-order valence-electron chi connectivity index (χ0n) is 7.81. The summed E-state index contributed by atoms with van der Waals surface area (Å²) in [5, 5.41) is 4.20. The van der Waals surface area contributed by atoms with E-state index < -0.39 is 0 Å². The van der Waals surface area contributed by atoms with Gasteiger partial charge in [0.2, 0.25) is 0 Å². The van der Waals surface area contributed by atoms with Crippen LogP contribution in [0.25, 0.3) is 0 Å². The van der Waals surface area contributed by atoms with Crippen LogP contribution >= 0.6 is 0 Å². The van der Waals surface area contributed by atoms with Gasteiger partial charge in [-0.1, -0.05) is 0 Å². The first kappa shape index (κ1) is 8.56. The Morgan fingerprint density at radius 3 is 3.15 bits per heavy atom. The van der Waals surface area contributed by atoms with E-state index in [1.165, 1.54) is 0 Å². The van der Waals surface area contributed by atoms with E-state index >= 15 is 0 Å². The Balaban J connectivity index is 2.07.